The Balaban J connectivity index is 1.50. The van der Waals surface area contributed by atoms with Crippen LogP contribution in [0.4, 0.5) is 0 Å². The van der Waals surface area contributed by atoms with Crippen molar-refractivity contribution in [2.45, 2.75) is 33.4 Å². The minimum Gasteiger partial charge on any atom is -0.481 e. The molecule has 1 saturated heterocycles. The van der Waals surface area contributed by atoms with Gasteiger partial charge in [-0.15, -0.1) is 0 Å². The summed E-state index contributed by atoms with van der Waals surface area (Å²) in [4.78, 5) is 16.2. The average Bonchev–Trinajstić information content (AvgIpc) is 2.65. The van der Waals surface area contributed by atoms with E-state index in [1.54, 1.807) is 0 Å². The maximum absolute atomic E-state index is 12.7. The summed E-state index contributed by atoms with van der Waals surface area (Å²) in [5.41, 5.74) is 3.77. The van der Waals surface area contributed by atoms with Crippen molar-refractivity contribution in [3.8, 4) is 5.75 Å². The second-order valence-electron chi connectivity index (χ2n) is 7.24. The Morgan fingerprint density at radius 1 is 1.08 bits per heavy atom. The normalized spacial score (nSPS) is 16.3. The Hall–Kier alpha value is -2.33. The molecular formula is C22H29N2O2+. The van der Waals surface area contributed by atoms with Gasteiger partial charge in [0.05, 0.1) is 26.2 Å². The molecule has 0 aromatic heterocycles. The smallest absolute Gasteiger partial charge is 0.263 e. The van der Waals surface area contributed by atoms with Gasteiger partial charge < -0.3 is 14.5 Å². The number of quaternary nitrogens is 1. The minimum absolute atomic E-state index is 0.0852. The van der Waals surface area contributed by atoms with Gasteiger partial charge in [-0.05, 0) is 44.0 Å². The molecule has 3 rings (SSSR count). The van der Waals surface area contributed by atoms with Crippen LogP contribution in [0.3, 0.4) is 0 Å². The molecule has 1 fully saturated rings. The first-order valence-corrected chi connectivity index (χ1v) is 9.43. The molecule has 1 amide bonds. The molecule has 0 spiro atoms. The van der Waals surface area contributed by atoms with E-state index in [9.17, 15) is 4.79 Å². The molecule has 0 radical (unpaired) electrons. The van der Waals surface area contributed by atoms with Crippen LogP contribution in [0, 0.1) is 13.8 Å². The second-order valence-corrected chi connectivity index (χ2v) is 7.24. The van der Waals surface area contributed by atoms with Crippen LogP contribution < -0.4 is 9.64 Å². The molecule has 0 saturated carbocycles. The van der Waals surface area contributed by atoms with Crippen molar-refractivity contribution < 1.29 is 14.4 Å². The Morgan fingerprint density at radius 3 is 2.42 bits per heavy atom. The SMILES string of the molecule is Cc1ccc(O[C@@H](C)C(=O)N2CC[NH+](Cc3ccccc3)CC2)cc1C. The van der Waals surface area contributed by atoms with Crippen molar-refractivity contribution in [2.75, 3.05) is 26.2 Å². The van der Waals surface area contributed by atoms with Gasteiger partial charge in [0.15, 0.2) is 6.10 Å². The summed E-state index contributed by atoms with van der Waals surface area (Å²) < 4.78 is 5.89. The van der Waals surface area contributed by atoms with E-state index in [0.29, 0.717) is 0 Å². The summed E-state index contributed by atoms with van der Waals surface area (Å²) in [6, 6.07) is 16.5. The number of hydrogen-bond donors (Lipinski definition) is 1. The molecule has 1 heterocycles. The number of amides is 1. The predicted molar refractivity (Wildman–Crippen MR) is 103 cm³/mol. The average molecular weight is 353 g/mol. The Morgan fingerprint density at radius 2 is 1.77 bits per heavy atom. The maximum Gasteiger partial charge on any atom is 0.263 e. The molecule has 138 valence electrons. The number of aryl methyl sites for hydroxylation is 2. The topological polar surface area (TPSA) is 34.0 Å². The highest BCUT2D eigenvalue weighted by atomic mass is 16.5. The van der Waals surface area contributed by atoms with Crippen molar-refractivity contribution >= 4 is 5.91 Å². The summed E-state index contributed by atoms with van der Waals surface area (Å²) in [5.74, 6) is 0.851. The second kappa shape index (κ2) is 8.37. The molecule has 26 heavy (non-hydrogen) atoms. The summed E-state index contributed by atoms with van der Waals surface area (Å²) in [7, 11) is 0. The molecule has 4 heteroatoms. The predicted octanol–water partition coefficient (Wildman–Crippen LogP) is 2.00. The van der Waals surface area contributed by atoms with E-state index >= 15 is 0 Å². The van der Waals surface area contributed by atoms with E-state index in [2.05, 4.69) is 38.1 Å². The number of carbonyl (C=O) groups is 1. The molecule has 0 bridgehead atoms. The van der Waals surface area contributed by atoms with E-state index in [0.717, 1.165) is 38.5 Å². The summed E-state index contributed by atoms with van der Waals surface area (Å²) in [6.45, 7) is 10.6. The fraction of sp³-hybridized carbons (Fsp3) is 0.409. The van der Waals surface area contributed by atoms with Gasteiger partial charge in [-0.3, -0.25) is 4.79 Å². The van der Waals surface area contributed by atoms with Crippen LogP contribution in [0.2, 0.25) is 0 Å². The van der Waals surface area contributed by atoms with Gasteiger partial charge in [0.2, 0.25) is 0 Å². The van der Waals surface area contributed by atoms with E-state index in [-0.39, 0.29) is 5.91 Å². The molecular weight excluding hydrogens is 324 g/mol. The monoisotopic (exact) mass is 353 g/mol. The van der Waals surface area contributed by atoms with Crippen molar-refractivity contribution in [1.29, 1.82) is 0 Å². The van der Waals surface area contributed by atoms with E-state index in [1.165, 1.54) is 21.6 Å². The molecule has 2 aromatic rings. The number of nitrogens with zero attached hydrogens (tertiary/aromatic N) is 1. The number of benzene rings is 2. The first-order chi connectivity index (χ1) is 12.5. The van der Waals surface area contributed by atoms with Crippen LogP contribution in [0.15, 0.2) is 48.5 Å². The third-order valence-electron chi connectivity index (χ3n) is 5.22. The van der Waals surface area contributed by atoms with Crippen molar-refractivity contribution in [2.24, 2.45) is 0 Å². The van der Waals surface area contributed by atoms with E-state index < -0.39 is 6.10 Å². The third-order valence-corrected chi connectivity index (χ3v) is 5.22. The van der Waals surface area contributed by atoms with Crippen LogP contribution in [0.25, 0.3) is 0 Å². The molecule has 2 aromatic carbocycles. The van der Waals surface area contributed by atoms with Crippen LogP contribution in [0.5, 0.6) is 5.75 Å². The Bertz CT molecular complexity index is 737. The van der Waals surface area contributed by atoms with Crippen molar-refractivity contribution in [3.05, 3.63) is 65.2 Å². The lowest BCUT2D eigenvalue weighted by atomic mass is 10.1. The van der Waals surface area contributed by atoms with Gasteiger partial charge in [-0.25, -0.2) is 0 Å². The molecule has 1 aliphatic heterocycles. The van der Waals surface area contributed by atoms with E-state index in [1.807, 2.05) is 36.1 Å². The van der Waals surface area contributed by atoms with Gasteiger partial charge in [0.25, 0.3) is 5.91 Å². The fourth-order valence-corrected chi connectivity index (χ4v) is 3.40. The molecule has 0 aliphatic carbocycles. The van der Waals surface area contributed by atoms with E-state index in [4.69, 9.17) is 4.74 Å². The van der Waals surface area contributed by atoms with Crippen LogP contribution in [-0.2, 0) is 11.3 Å². The van der Waals surface area contributed by atoms with Crippen molar-refractivity contribution in [3.63, 3.8) is 0 Å². The van der Waals surface area contributed by atoms with Crippen molar-refractivity contribution in [1.82, 2.24) is 4.90 Å². The molecule has 1 aliphatic rings. The fourth-order valence-electron chi connectivity index (χ4n) is 3.40. The first kappa shape index (κ1) is 18.5. The molecule has 0 unspecified atom stereocenters. The number of nitrogens with one attached hydrogen (secondary N) is 1. The van der Waals surface area contributed by atoms with Gasteiger partial charge in [-0.1, -0.05) is 36.4 Å². The molecule has 1 N–H and O–H groups in total. The number of rotatable bonds is 5. The quantitative estimate of drug-likeness (QED) is 0.892. The van der Waals surface area contributed by atoms with Crippen LogP contribution >= 0.6 is 0 Å². The highest BCUT2D eigenvalue weighted by Gasteiger charge is 2.27. The minimum atomic E-state index is -0.451. The van der Waals surface area contributed by atoms with Crippen LogP contribution in [-0.4, -0.2) is 43.1 Å². The first-order valence-electron chi connectivity index (χ1n) is 9.43. The van der Waals surface area contributed by atoms with Gasteiger partial charge >= 0.3 is 0 Å². The number of hydrogen-bond acceptors (Lipinski definition) is 2. The lowest BCUT2D eigenvalue weighted by Crippen LogP contribution is -3.13. The molecule has 4 nitrogen and oxygen atoms in total. The summed E-state index contributed by atoms with van der Waals surface area (Å²) in [6.07, 6.45) is -0.451. The number of carbonyl (C=O) groups excluding carboxylic acids is 1. The highest BCUT2D eigenvalue weighted by Crippen LogP contribution is 2.18. The lowest BCUT2D eigenvalue weighted by Gasteiger charge is -2.33. The van der Waals surface area contributed by atoms with Gasteiger partial charge in [0.1, 0.15) is 12.3 Å². The largest absolute Gasteiger partial charge is 0.481 e. The zero-order chi connectivity index (χ0) is 18.5. The Labute approximate surface area is 156 Å². The summed E-state index contributed by atoms with van der Waals surface area (Å²) >= 11 is 0. The third kappa shape index (κ3) is 4.64. The zero-order valence-corrected chi connectivity index (χ0v) is 16.0. The molecule has 1 atom stereocenters. The standard InChI is InChI=1S/C22H28N2O2/c1-17-9-10-21(15-18(17)2)26-19(3)22(25)24-13-11-23(12-14-24)16-20-7-5-4-6-8-20/h4-10,15,19H,11-14,16H2,1-3H3/p+1/t19-/m0/s1. The van der Waals surface area contributed by atoms with Gasteiger partial charge in [0, 0.05) is 5.56 Å². The van der Waals surface area contributed by atoms with Gasteiger partial charge in [-0.2, -0.15) is 0 Å². The number of ether oxygens (including phenoxy) is 1. The zero-order valence-electron chi connectivity index (χ0n) is 16.0. The lowest BCUT2D eigenvalue weighted by molar-refractivity contribution is -0.917. The summed E-state index contributed by atoms with van der Waals surface area (Å²) in [5, 5.41) is 0. The maximum atomic E-state index is 12.7. The number of piperazine rings is 1. The van der Waals surface area contributed by atoms with Crippen LogP contribution in [0.1, 0.15) is 23.6 Å². The highest BCUT2D eigenvalue weighted by molar-refractivity contribution is 5.81. The Kier molecular flexibility index (Phi) is 5.94.